The van der Waals surface area contributed by atoms with Crippen LogP contribution in [0.5, 0.6) is 5.75 Å². The van der Waals surface area contributed by atoms with Gasteiger partial charge in [-0.2, -0.15) is 0 Å². The van der Waals surface area contributed by atoms with Crippen LogP contribution < -0.4 is 4.74 Å². The molecule has 0 bridgehead atoms. The first-order valence-corrected chi connectivity index (χ1v) is 8.69. The van der Waals surface area contributed by atoms with Crippen LogP contribution in [-0.4, -0.2) is 16.7 Å². The third-order valence-corrected chi connectivity index (χ3v) is 4.45. The first kappa shape index (κ1) is 18.2. The van der Waals surface area contributed by atoms with Crippen LogP contribution in [0.4, 0.5) is 0 Å². The number of ether oxygens (including phenoxy) is 1. The third-order valence-electron chi connectivity index (χ3n) is 4.20. The van der Waals surface area contributed by atoms with Gasteiger partial charge >= 0.3 is 5.97 Å². The molecule has 26 heavy (non-hydrogen) atoms. The van der Waals surface area contributed by atoms with Crippen LogP contribution in [0.15, 0.2) is 42.5 Å². The number of esters is 1. The van der Waals surface area contributed by atoms with Crippen molar-refractivity contribution in [3.05, 3.63) is 64.3 Å². The van der Waals surface area contributed by atoms with Crippen molar-refractivity contribution >= 4 is 34.3 Å². The Balaban J connectivity index is 2.19. The molecule has 0 aliphatic heterocycles. The van der Waals surface area contributed by atoms with E-state index in [-0.39, 0.29) is 22.6 Å². The van der Waals surface area contributed by atoms with E-state index in [0.29, 0.717) is 16.0 Å². The van der Waals surface area contributed by atoms with Crippen LogP contribution in [0.1, 0.15) is 49.3 Å². The normalized spacial score (nSPS) is 11.6. The molecule has 2 aromatic carbocycles. The highest BCUT2D eigenvalue weighted by Crippen LogP contribution is 2.35. The van der Waals surface area contributed by atoms with Gasteiger partial charge in [-0.1, -0.05) is 38.4 Å². The van der Waals surface area contributed by atoms with E-state index in [9.17, 15) is 9.59 Å². The average Bonchev–Trinajstić information content (AvgIpc) is 2.91. The van der Waals surface area contributed by atoms with Gasteiger partial charge in [-0.3, -0.25) is 9.59 Å². The minimum Gasteiger partial charge on any atom is -0.424 e. The molecule has 4 nitrogen and oxygen atoms in total. The molecule has 0 unspecified atom stereocenters. The summed E-state index contributed by atoms with van der Waals surface area (Å²) in [6.45, 7) is 7.63. The molecule has 1 aromatic heterocycles. The highest BCUT2D eigenvalue weighted by molar-refractivity contribution is 6.30. The summed E-state index contributed by atoms with van der Waals surface area (Å²) < 4.78 is 5.42. The van der Waals surface area contributed by atoms with Crippen molar-refractivity contribution in [2.75, 3.05) is 0 Å². The minimum atomic E-state index is -0.475. The Morgan fingerprint density at radius 3 is 2.27 bits per heavy atom. The fraction of sp³-hybridized carbons (Fsp3) is 0.238. The third kappa shape index (κ3) is 3.51. The minimum absolute atomic E-state index is 0.0701. The molecule has 0 amide bonds. The zero-order valence-corrected chi connectivity index (χ0v) is 15.9. The van der Waals surface area contributed by atoms with Crippen molar-refractivity contribution in [3.63, 3.8) is 0 Å². The van der Waals surface area contributed by atoms with E-state index in [4.69, 9.17) is 16.3 Å². The Hall–Kier alpha value is -2.59. The molecule has 3 rings (SSSR count). The summed E-state index contributed by atoms with van der Waals surface area (Å²) in [5.41, 5.74) is 2.47. The molecule has 3 aromatic rings. The molecule has 5 heteroatoms. The van der Waals surface area contributed by atoms with Crippen LogP contribution in [0, 0.1) is 0 Å². The quantitative estimate of drug-likeness (QED) is 0.505. The summed E-state index contributed by atoms with van der Waals surface area (Å²) in [6.07, 6.45) is 0. The second-order valence-electron chi connectivity index (χ2n) is 7.27. The monoisotopic (exact) mass is 369 g/mol. The molecular weight excluding hydrogens is 350 g/mol. The molecule has 0 radical (unpaired) electrons. The zero-order chi connectivity index (χ0) is 19.1. The van der Waals surface area contributed by atoms with Gasteiger partial charge in [-0.05, 0) is 47.4 Å². The Labute approximate surface area is 157 Å². The lowest BCUT2D eigenvalue weighted by Gasteiger charge is -2.19. The molecule has 0 fully saturated rings. The van der Waals surface area contributed by atoms with Gasteiger partial charge in [-0.15, -0.1) is 0 Å². The summed E-state index contributed by atoms with van der Waals surface area (Å²) in [4.78, 5) is 27.7. The van der Waals surface area contributed by atoms with Crippen molar-refractivity contribution in [2.45, 2.75) is 33.1 Å². The first-order valence-electron chi connectivity index (χ1n) is 8.31. The maximum absolute atomic E-state index is 12.9. The summed E-state index contributed by atoms with van der Waals surface area (Å²) >= 11 is 5.90. The number of ketones is 1. The SMILES string of the molecule is CC(=O)Oc1c(C(=O)c2ccc(Cl)cc2)[nH]c2ccc(C(C)(C)C)cc12. The predicted octanol–water partition coefficient (Wildman–Crippen LogP) is 5.28. The first-order chi connectivity index (χ1) is 12.2. The van der Waals surface area contributed by atoms with Gasteiger partial charge in [-0.25, -0.2) is 0 Å². The maximum Gasteiger partial charge on any atom is 0.308 e. The van der Waals surface area contributed by atoms with E-state index >= 15 is 0 Å². The van der Waals surface area contributed by atoms with Crippen LogP contribution in [0.25, 0.3) is 10.9 Å². The number of rotatable bonds is 3. The number of aromatic nitrogens is 1. The van der Waals surface area contributed by atoms with Crippen LogP contribution in [-0.2, 0) is 10.2 Å². The molecule has 0 saturated heterocycles. The van der Waals surface area contributed by atoms with Crippen LogP contribution in [0.3, 0.4) is 0 Å². The zero-order valence-electron chi connectivity index (χ0n) is 15.1. The second-order valence-corrected chi connectivity index (χ2v) is 7.71. The number of benzene rings is 2. The van der Waals surface area contributed by atoms with Gasteiger partial charge < -0.3 is 9.72 Å². The average molecular weight is 370 g/mol. The van der Waals surface area contributed by atoms with Crippen molar-refractivity contribution in [1.29, 1.82) is 0 Å². The summed E-state index contributed by atoms with van der Waals surface area (Å²) in [7, 11) is 0. The van der Waals surface area contributed by atoms with E-state index in [0.717, 1.165) is 11.1 Å². The van der Waals surface area contributed by atoms with Crippen molar-refractivity contribution in [2.24, 2.45) is 0 Å². The van der Waals surface area contributed by atoms with Gasteiger partial charge in [0.1, 0.15) is 5.69 Å². The van der Waals surface area contributed by atoms with E-state index in [1.807, 2.05) is 18.2 Å². The molecule has 0 saturated carbocycles. The maximum atomic E-state index is 12.9. The van der Waals surface area contributed by atoms with Gasteiger partial charge in [0.25, 0.3) is 0 Å². The summed E-state index contributed by atoms with van der Waals surface area (Å²) in [5, 5.41) is 1.26. The van der Waals surface area contributed by atoms with E-state index < -0.39 is 5.97 Å². The molecule has 134 valence electrons. The number of hydrogen-bond acceptors (Lipinski definition) is 3. The van der Waals surface area contributed by atoms with E-state index in [1.165, 1.54) is 6.92 Å². The lowest BCUT2D eigenvalue weighted by Crippen LogP contribution is -2.10. The van der Waals surface area contributed by atoms with Gasteiger partial charge in [0, 0.05) is 28.4 Å². The Morgan fingerprint density at radius 2 is 1.69 bits per heavy atom. The Kier molecular flexibility index (Phi) is 4.63. The van der Waals surface area contributed by atoms with Crippen molar-refractivity contribution in [1.82, 2.24) is 4.98 Å². The fourth-order valence-corrected chi connectivity index (χ4v) is 2.91. The molecule has 0 aliphatic rings. The summed E-state index contributed by atoms with van der Waals surface area (Å²) in [5.74, 6) is -0.470. The number of nitrogens with one attached hydrogen (secondary N) is 1. The second kappa shape index (κ2) is 6.61. The van der Waals surface area contributed by atoms with Gasteiger partial charge in [0.2, 0.25) is 5.78 Å². The molecule has 1 N–H and O–H groups in total. The van der Waals surface area contributed by atoms with E-state index in [2.05, 4.69) is 25.8 Å². The lowest BCUT2D eigenvalue weighted by atomic mass is 9.86. The Bertz CT molecular complexity index is 995. The smallest absolute Gasteiger partial charge is 0.308 e. The fourth-order valence-electron chi connectivity index (χ4n) is 2.79. The lowest BCUT2D eigenvalue weighted by molar-refractivity contribution is -0.131. The highest BCUT2D eigenvalue weighted by atomic mass is 35.5. The number of carbonyl (C=O) groups is 2. The molecule has 0 spiro atoms. The van der Waals surface area contributed by atoms with Gasteiger partial charge in [0.05, 0.1) is 0 Å². The summed E-state index contributed by atoms with van der Waals surface area (Å²) in [6, 6.07) is 12.5. The number of H-pyrrole nitrogens is 1. The number of carbonyl (C=O) groups excluding carboxylic acids is 2. The molecule has 0 aliphatic carbocycles. The number of aromatic amines is 1. The van der Waals surface area contributed by atoms with Gasteiger partial charge in [0.15, 0.2) is 5.75 Å². The van der Waals surface area contributed by atoms with Crippen LogP contribution in [0.2, 0.25) is 5.02 Å². The van der Waals surface area contributed by atoms with E-state index in [1.54, 1.807) is 24.3 Å². The number of fused-ring (bicyclic) bond motifs is 1. The largest absolute Gasteiger partial charge is 0.424 e. The number of halogens is 1. The highest BCUT2D eigenvalue weighted by Gasteiger charge is 2.23. The predicted molar refractivity (Wildman–Crippen MR) is 103 cm³/mol. The Morgan fingerprint density at radius 1 is 1.04 bits per heavy atom. The molecule has 0 atom stereocenters. The number of hydrogen-bond donors (Lipinski definition) is 1. The topological polar surface area (TPSA) is 59.2 Å². The van der Waals surface area contributed by atoms with Crippen molar-refractivity contribution in [3.8, 4) is 5.75 Å². The van der Waals surface area contributed by atoms with Crippen molar-refractivity contribution < 1.29 is 14.3 Å². The van der Waals surface area contributed by atoms with Crippen LogP contribution >= 0.6 is 11.6 Å². The molecular formula is C21H20ClNO3. The standard InChI is InChI=1S/C21H20ClNO3/c1-12(24)26-20-16-11-14(21(2,3)4)7-10-17(16)23-18(20)19(25)13-5-8-15(22)9-6-13/h5-11,23H,1-4H3. The molecule has 1 heterocycles.